The van der Waals surface area contributed by atoms with E-state index in [1.165, 1.54) is 0 Å². The molecule has 0 saturated heterocycles. The molecule has 0 aliphatic rings. The summed E-state index contributed by atoms with van der Waals surface area (Å²) in [5.74, 6) is 0.254. The van der Waals surface area contributed by atoms with E-state index in [0.717, 1.165) is 25.9 Å². The first-order valence-electron chi connectivity index (χ1n) is 7.25. The van der Waals surface area contributed by atoms with Gasteiger partial charge in [-0.25, -0.2) is 4.39 Å². The molecule has 0 spiro atoms. The lowest BCUT2D eigenvalue weighted by Crippen LogP contribution is -2.29. The highest BCUT2D eigenvalue weighted by Gasteiger charge is 2.22. The average Bonchev–Trinajstić information content (AvgIpc) is 2.43. The Hall–Kier alpha value is -0.640. The third kappa shape index (κ3) is 5.04. The van der Waals surface area contributed by atoms with Crippen molar-refractivity contribution in [2.45, 2.75) is 32.6 Å². The molecule has 0 aliphatic carbocycles. The van der Waals surface area contributed by atoms with Crippen LogP contribution >= 0.6 is 11.6 Å². The van der Waals surface area contributed by atoms with E-state index in [4.69, 9.17) is 16.3 Å². The van der Waals surface area contributed by atoms with E-state index in [-0.39, 0.29) is 16.8 Å². The smallest absolute Gasteiger partial charge is 0.145 e. The van der Waals surface area contributed by atoms with E-state index in [1.54, 1.807) is 13.2 Å². The molecule has 2 unspecified atom stereocenters. The van der Waals surface area contributed by atoms with E-state index in [1.807, 2.05) is 12.1 Å². The molecule has 0 radical (unpaired) electrons. The van der Waals surface area contributed by atoms with E-state index in [9.17, 15) is 4.39 Å². The highest BCUT2D eigenvalue weighted by molar-refractivity contribution is 6.30. The summed E-state index contributed by atoms with van der Waals surface area (Å²) < 4.78 is 19.3. The first-order valence-corrected chi connectivity index (χ1v) is 7.63. The molecule has 2 atom stereocenters. The fourth-order valence-corrected chi connectivity index (χ4v) is 2.69. The molecule has 0 heterocycles. The lowest BCUT2D eigenvalue weighted by molar-refractivity contribution is 0.197. The molecule has 1 aromatic rings. The Morgan fingerprint density at radius 3 is 2.80 bits per heavy atom. The lowest BCUT2D eigenvalue weighted by Gasteiger charge is -2.25. The SMILES string of the molecule is CCCC(C)C(CNCCOC)c1cccc(Cl)c1F. The second kappa shape index (κ2) is 9.32. The van der Waals surface area contributed by atoms with Gasteiger partial charge < -0.3 is 10.1 Å². The van der Waals surface area contributed by atoms with Crippen LogP contribution in [0, 0.1) is 11.7 Å². The summed E-state index contributed by atoms with van der Waals surface area (Å²) in [4.78, 5) is 0. The Kier molecular flexibility index (Phi) is 8.12. The molecule has 0 aliphatic heterocycles. The third-order valence-electron chi connectivity index (χ3n) is 3.66. The lowest BCUT2D eigenvalue weighted by atomic mass is 9.84. The van der Waals surface area contributed by atoms with E-state index in [0.29, 0.717) is 18.1 Å². The fourth-order valence-electron chi connectivity index (χ4n) is 2.51. The number of rotatable bonds is 9. The van der Waals surface area contributed by atoms with Gasteiger partial charge in [0.1, 0.15) is 5.82 Å². The monoisotopic (exact) mass is 301 g/mol. The molecule has 1 aromatic carbocycles. The zero-order chi connectivity index (χ0) is 15.0. The molecule has 0 saturated carbocycles. The summed E-state index contributed by atoms with van der Waals surface area (Å²) in [6.07, 6.45) is 2.17. The van der Waals surface area contributed by atoms with E-state index < -0.39 is 0 Å². The van der Waals surface area contributed by atoms with Gasteiger partial charge >= 0.3 is 0 Å². The highest BCUT2D eigenvalue weighted by atomic mass is 35.5. The number of ether oxygens (including phenoxy) is 1. The Bertz CT molecular complexity index is 400. The Morgan fingerprint density at radius 2 is 2.15 bits per heavy atom. The van der Waals surface area contributed by atoms with Gasteiger partial charge in [-0.05, 0) is 17.5 Å². The molecule has 1 N–H and O–H groups in total. The van der Waals surface area contributed by atoms with Crippen molar-refractivity contribution in [2.24, 2.45) is 5.92 Å². The van der Waals surface area contributed by atoms with Crippen LogP contribution in [0.25, 0.3) is 0 Å². The van der Waals surface area contributed by atoms with Crippen molar-refractivity contribution in [3.63, 3.8) is 0 Å². The molecule has 2 nitrogen and oxygen atoms in total. The summed E-state index contributed by atoms with van der Waals surface area (Å²) in [6, 6.07) is 5.26. The summed E-state index contributed by atoms with van der Waals surface area (Å²) in [6.45, 7) is 6.50. The number of halogens is 2. The summed E-state index contributed by atoms with van der Waals surface area (Å²) in [5.41, 5.74) is 0.711. The van der Waals surface area contributed by atoms with Crippen LogP contribution < -0.4 is 5.32 Å². The van der Waals surface area contributed by atoms with Gasteiger partial charge in [-0.3, -0.25) is 0 Å². The Morgan fingerprint density at radius 1 is 1.40 bits per heavy atom. The molecule has 114 valence electrons. The molecular weight excluding hydrogens is 277 g/mol. The van der Waals surface area contributed by atoms with Crippen LogP contribution in [0.4, 0.5) is 4.39 Å². The van der Waals surface area contributed by atoms with Crippen LogP contribution in [0.2, 0.25) is 5.02 Å². The maximum absolute atomic E-state index is 14.2. The Labute approximate surface area is 126 Å². The third-order valence-corrected chi connectivity index (χ3v) is 3.95. The fraction of sp³-hybridized carbons (Fsp3) is 0.625. The molecular formula is C16H25ClFNO. The van der Waals surface area contributed by atoms with Gasteiger partial charge in [-0.1, -0.05) is 50.4 Å². The average molecular weight is 302 g/mol. The van der Waals surface area contributed by atoms with Gasteiger partial charge in [0.05, 0.1) is 11.6 Å². The number of hydrogen-bond acceptors (Lipinski definition) is 2. The van der Waals surface area contributed by atoms with Gasteiger partial charge in [-0.2, -0.15) is 0 Å². The number of hydrogen-bond donors (Lipinski definition) is 1. The van der Waals surface area contributed by atoms with Gasteiger partial charge in [0.25, 0.3) is 0 Å². The summed E-state index contributed by atoms with van der Waals surface area (Å²) >= 11 is 5.91. The van der Waals surface area contributed by atoms with Crippen LogP contribution in [0.5, 0.6) is 0 Å². The van der Waals surface area contributed by atoms with Crippen molar-refractivity contribution in [1.82, 2.24) is 5.32 Å². The molecule has 1 rings (SSSR count). The van der Waals surface area contributed by atoms with Crippen LogP contribution in [-0.2, 0) is 4.74 Å². The minimum absolute atomic E-state index is 0.130. The first kappa shape index (κ1) is 17.4. The van der Waals surface area contributed by atoms with Crippen molar-refractivity contribution >= 4 is 11.6 Å². The highest BCUT2D eigenvalue weighted by Crippen LogP contribution is 2.31. The van der Waals surface area contributed by atoms with Crippen molar-refractivity contribution in [2.75, 3.05) is 26.8 Å². The largest absolute Gasteiger partial charge is 0.383 e. The predicted octanol–water partition coefficient (Wildman–Crippen LogP) is 4.23. The quantitative estimate of drug-likeness (QED) is 0.689. The molecule has 0 amide bonds. The van der Waals surface area contributed by atoms with Gasteiger partial charge in [-0.15, -0.1) is 0 Å². The van der Waals surface area contributed by atoms with Gasteiger partial charge in [0.2, 0.25) is 0 Å². The molecule has 0 fully saturated rings. The standard InChI is InChI=1S/C16H25ClFNO/c1-4-6-12(2)14(11-19-9-10-20-3)13-7-5-8-15(17)16(13)18/h5,7-8,12,14,19H,4,6,9-11H2,1-3H3. The summed E-state index contributed by atoms with van der Waals surface area (Å²) in [5, 5.41) is 3.54. The summed E-state index contributed by atoms with van der Waals surface area (Å²) in [7, 11) is 1.68. The van der Waals surface area contributed by atoms with E-state index >= 15 is 0 Å². The minimum atomic E-state index is -0.282. The van der Waals surface area contributed by atoms with Crippen molar-refractivity contribution in [3.05, 3.63) is 34.6 Å². The first-order chi connectivity index (χ1) is 9.61. The molecule has 20 heavy (non-hydrogen) atoms. The van der Waals surface area contributed by atoms with Gasteiger partial charge in [0.15, 0.2) is 0 Å². The minimum Gasteiger partial charge on any atom is -0.383 e. The van der Waals surface area contributed by atoms with Crippen molar-refractivity contribution < 1.29 is 9.13 Å². The van der Waals surface area contributed by atoms with Crippen LogP contribution in [0.15, 0.2) is 18.2 Å². The molecule has 4 heteroatoms. The van der Waals surface area contributed by atoms with Crippen LogP contribution in [0.1, 0.15) is 38.2 Å². The number of nitrogens with one attached hydrogen (secondary N) is 1. The second-order valence-electron chi connectivity index (χ2n) is 5.21. The van der Waals surface area contributed by atoms with E-state index in [2.05, 4.69) is 19.2 Å². The second-order valence-corrected chi connectivity index (χ2v) is 5.62. The molecule has 0 aromatic heterocycles. The zero-order valence-electron chi connectivity index (χ0n) is 12.6. The Balaban J connectivity index is 2.83. The number of benzene rings is 1. The predicted molar refractivity (Wildman–Crippen MR) is 83.0 cm³/mol. The molecule has 0 bridgehead atoms. The van der Waals surface area contributed by atoms with Crippen LogP contribution in [0.3, 0.4) is 0 Å². The maximum atomic E-state index is 14.2. The maximum Gasteiger partial charge on any atom is 0.145 e. The van der Waals surface area contributed by atoms with Crippen molar-refractivity contribution in [3.8, 4) is 0 Å². The van der Waals surface area contributed by atoms with Gasteiger partial charge in [0, 0.05) is 26.1 Å². The number of methoxy groups -OCH3 is 1. The van der Waals surface area contributed by atoms with Crippen LogP contribution in [-0.4, -0.2) is 26.8 Å². The topological polar surface area (TPSA) is 21.3 Å². The normalized spacial score (nSPS) is 14.2. The zero-order valence-corrected chi connectivity index (χ0v) is 13.3. The van der Waals surface area contributed by atoms with Crippen molar-refractivity contribution in [1.29, 1.82) is 0 Å².